The monoisotopic (exact) mass is 249 g/mol. The average Bonchev–Trinajstić information content (AvgIpc) is 2.72. The molecule has 1 aromatic carbocycles. The summed E-state index contributed by atoms with van der Waals surface area (Å²) in [7, 11) is 0. The molecule has 4 nitrogen and oxygen atoms in total. The first-order valence-electron chi connectivity index (χ1n) is 6.23. The molecule has 0 aromatic heterocycles. The van der Waals surface area contributed by atoms with E-state index in [0.717, 1.165) is 13.1 Å². The molecule has 0 saturated carbocycles. The molecule has 1 aliphatic rings. The molecule has 2 atom stereocenters. The van der Waals surface area contributed by atoms with Crippen molar-refractivity contribution in [3.63, 3.8) is 0 Å². The molecule has 1 heterocycles. The number of rotatable bonds is 4. The van der Waals surface area contributed by atoms with Crippen LogP contribution in [0.4, 0.5) is 0 Å². The van der Waals surface area contributed by atoms with Crippen molar-refractivity contribution in [1.29, 1.82) is 0 Å². The summed E-state index contributed by atoms with van der Waals surface area (Å²) in [5, 5.41) is 19.4. The lowest BCUT2D eigenvalue weighted by Gasteiger charge is -2.27. The highest BCUT2D eigenvalue weighted by Gasteiger charge is 2.43. The quantitative estimate of drug-likeness (QED) is 0.845. The van der Waals surface area contributed by atoms with Crippen molar-refractivity contribution < 1.29 is 15.0 Å². The number of β-amino-alcohol motifs (C(OH)–C–C–N with tert-alkyl or cyclic N) is 1. The number of carbonyl (C=O) groups is 1. The molecule has 2 N–H and O–H groups in total. The molecule has 1 aromatic rings. The van der Waals surface area contributed by atoms with Gasteiger partial charge in [-0.15, -0.1) is 0 Å². The zero-order valence-electron chi connectivity index (χ0n) is 10.5. The van der Waals surface area contributed by atoms with E-state index in [0.29, 0.717) is 13.0 Å². The van der Waals surface area contributed by atoms with Gasteiger partial charge in [0.2, 0.25) is 0 Å². The molecule has 0 spiro atoms. The molecule has 0 bridgehead atoms. The number of aliphatic carboxylic acids is 1. The van der Waals surface area contributed by atoms with Crippen LogP contribution in [0.5, 0.6) is 0 Å². The second-order valence-electron chi connectivity index (χ2n) is 5.11. The number of carboxylic acids is 1. The number of nitrogens with zero attached hydrogens (tertiary/aromatic N) is 1. The Morgan fingerprint density at radius 1 is 1.44 bits per heavy atom. The third-order valence-electron chi connectivity index (χ3n) is 3.78. The van der Waals surface area contributed by atoms with E-state index >= 15 is 0 Å². The Bertz CT molecular complexity index is 420. The van der Waals surface area contributed by atoms with Crippen LogP contribution in [-0.2, 0) is 11.3 Å². The number of benzene rings is 1. The third-order valence-corrected chi connectivity index (χ3v) is 3.78. The maximum Gasteiger partial charge on any atom is 0.309 e. The van der Waals surface area contributed by atoms with E-state index in [1.165, 1.54) is 5.56 Å². The molecule has 2 unspecified atom stereocenters. The van der Waals surface area contributed by atoms with Gasteiger partial charge in [-0.1, -0.05) is 30.3 Å². The Labute approximate surface area is 107 Å². The molecule has 0 radical (unpaired) electrons. The summed E-state index contributed by atoms with van der Waals surface area (Å²) in [6.07, 6.45) is 0.521. The van der Waals surface area contributed by atoms with Crippen molar-refractivity contribution in [2.75, 3.05) is 13.1 Å². The van der Waals surface area contributed by atoms with E-state index in [9.17, 15) is 9.90 Å². The van der Waals surface area contributed by atoms with Crippen LogP contribution in [0, 0.1) is 5.92 Å². The van der Waals surface area contributed by atoms with E-state index in [1.54, 1.807) is 6.92 Å². The summed E-state index contributed by atoms with van der Waals surface area (Å²) in [5.41, 5.74) is 0.0883. The smallest absolute Gasteiger partial charge is 0.309 e. The van der Waals surface area contributed by atoms with E-state index in [4.69, 9.17) is 5.11 Å². The normalized spacial score (nSPS) is 26.1. The van der Waals surface area contributed by atoms with Gasteiger partial charge >= 0.3 is 5.97 Å². The second-order valence-corrected chi connectivity index (χ2v) is 5.11. The van der Waals surface area contributed by atoms with Crippen molar-refractivity contribution in [3.05, 3.63) is 35.9 Å². The molecule has 0 amide bonds. The molecule has 1 aliphatic heterocycles. The highest BCUT2D eigenvalue weighted by molar-refractivity contribution is 5.71. The fourth-order valence-corrected chi connectivity index (χ4v) is 2.46. The summed E-state index contributed by atoms with van der Waals surface area (Å²) in [4.78, 5) is 13.1. The summed E-state index contributed by atoms with van der Waals surface area (Å²) < 4.78 is 0. The number of carboxylic acid groups (broad SMARTS) is 1. The number of hydrogen-bond acceptors (Lipinski definition) is 3. The third kappa shape index (κ3) is 2.71. The highest BCUT2D eigenvalue weighted by atomic mass is 16.4. The van der Waals surface area contributed by atoms with Crippen LogP contribution in [0.25, 0.3) is 0 Å². The first kappa shape index (κ1) is 13.1. The number of hydrogen-bond donors (Lipinski definition) is 2. The van der Waals surface area contributed by atoms with Gasteiger partial charge in [-0.05, 0) is 18.9 Å². The van der Waals surface area contributed by atoms with Crippen molar-refractivity contribution in [2.45, 2.75) is 25.5 Å². The van der Waals surface area contributed by atoms with Crippen LogP contribution in [0.2, 0.25) is 0 Å². The molecule has 1 fully saturated rings. The summed E-state index contributed by atoms with van der Waals surface area (Å²) in [6, 6.07) is 10.0. The molecule has 0 aliphatic carbocycles. The Balaban J connectivity index is 1.98. The zero-order valence-corrected chi connectivity index (χ0v) is 10.5. The Morgan fingerprint density at radius 3 is 2.72 bits per heavy atom. The topological polar surface area (TPSA) is 60.8 Å². The second kappa shape index (κ2) is 5.08. The van der Waals surface area contributed by atoms with Crippen molar-refractivity contribution in [3.8, 4) is 0 Å². The Morgan fingerprint density at radius 2 is 2.11 bits per heavy atom. The van der Waals surface area contributed by atoms with Crippen molar-refractivity contribution >= 4 is 5.97 Å². The minimum Gasteiger partial charge on any atom is -0.481 e. The van der Waals surface area contributed by atoms with E-state index in [2.05, 4.69) is 4.90 Å². The van der Waals surface area contributed by atoms with Crippen molar-refractivity contribution in [1.82, 2.24) is 4.90 Å². The maximum atomic E-state index is 11.0. The van der Waals surface area contributed by atoms with Gasteiger partial charge in [0.15, 0.2) is 0 Å². The van der Waals surface area contributed by atoms with Gasteiger partial charge in [0.1, 0.15) is 0 Å². The minimum absolute atomic E-state index is 0.426. The predicted octanol–water partition coefficient (Wildman–Crippen LogP) is 1.34. The Kier molecular flexibility index (Phi) is 3.68. The number of likely N-dealkylation sites (tertiary alicyclic amines) is 1. The van der Waals surface area contributed by atoms with Crippen LogP contribution in [0.1, 0.15) is 18.9 Å². The lowest BCUT2D eigenvalue weighted by atomic mass is 9.88. The zero-order chi connectivity index (χ0) is 13.2. The number of aliphatic hydroxyl groups is 1. The summed E-state index contributed by atoms with van der Waals surface area (Å²) >= 11 is 0. The van der Waals surface area contributed by atoms with Gasteiger partial charge in [0.25, 0.3) is 0 Å². The first-order valence-corrected chi connectivity index (χ1v) is 6.23. The van der Waals surface area contributed by atoms with Crippen LogP contribution >= 0.6 is 0 Å². The van der Waals surface area contributed by atoms with Gasteiger partial charge in [-0.25, -0.2) is 0 Å². The minimum atomic E-state index is -1.10. The van der Waals surface area contributed by atoms with Gasteiger partial charge in [-0.2, -0.15) is 0 Å². The predicted molar refractivity (Wildman–Crippen MR) is 68.1 cm³/mol. The fraction of sp³-hybridized carbons (Fsp3) is 0.500. The summed E-state index contributed by atoms with van der Waals surface area (Å²) in [6.45, 7) is 3.50. The Hall–Kier alpha value is -1.39. The standard InChI is InChI=1S/C14H19NO3/c1-11(13(16)17)14(18)7-8-15(10-14)9-12-5-3-2-4-6-12/h2-6,11,18H,7-10H2,1H3,(H,16,17). The average molecular weight is 249 g/mol. The molecular weight excluding hydrogens is 230 g/mol. The maximum absolute atomic E-state index is 11.0. The molecule has 4 heteroatoms. The molecular formula is C14H19NO3. The largest absolute Gasteiger partial charge is 0.481 e. The SMILES string of the molecule is CC(C(=O)O)C1(O)CCN(Cc2ccccc2)C1. The first-order chi connectivity index (χ1) is 8.51. The van der Waals surface area contributed by atoms with E-state index < -0.39 is 17.5 Å². The van der Waals surface area contributed by atoms with Crippen molar-refractivity contribution in [2.24, 2.45) is 5.92 Å². The lowest BCUT2D eigenvalue weighted by Crippen LogP contribution is -2.43. The van der Waals surface area contributed by atoms with Gasteiger partial charge < -0.3 is 10.2 Å². The van der Waals surface area contributed by atoms with Crippen LogP contribution in [0.15, 0.2) is 30.3 Å². The summed E-state index contributed by atoms with van der Waals surface area (Å²) in [5.74, 6) is -1.66. The van der Waals surface area contributed by atoms with Crippen LogP contribution in [0.3, 0.4) is 0 Å². The van der Waals surface area contributed by atoms with Gasteiger partial charge in [-0.3, -0.25) is 9.69 Å². The van der Waals surface area contributed by atoms with E-state index in [-0.39, 0.29) is 0 Å². The van der Waals surface area contributed by atoms with Gasteiger partial charge in [0, 0.05) is 19.6 Å². The fourth-order valence-electron chi connectivity index (χ4n) is 2.46. The molecule has 18 heavy (non-hydrogen) atoms. The highest BCUT2D eigenvalue weighted by Crippen LogP contribution is 2.30. The van der Waals surface area contributed by atoms with E-state index in [1.807, 2.05) is 30.3 Å². The van der Waals surface area contributed by atoms with Gasteiger partial charge in [0.05, 0.1) is 11.5 Å². The molecule has 98 valence electrons. The van der Waals surface area contributed by atoms with Crippen LogP contribution in [-0.4, -0.2) is 39.8 Å². The lowest BCUT2D eigenvalue weighted by molar-refractivity contribution is -0.150. The molecule has 2 rings (SSSR count). The molecule has 1 saturated heterocycles. The van der Waals surface area contributed by atoms with Crippen LogP contribution < -0.4 is 0 Å².